The summed E-state index contributed by atoms with van der Waals surface area (Å²) in [5.41, 5.74) is 2.74. The maximum atomic E-state index is 11.9. The van der Waals surface area contributed by atoms with Gasteiger partial charge in [-0.2, -0.15) is 0 Å². The third-order valence-corrected chi connectivity index (χ3v) is 3.99. The van der Waals surface area contributed by atoms with Crippen LogP contribution >= 0.6 is 0 Å². The largest absolute Gasteiger partial charge is 0.497 e. The molecule has 4 rings (SSSR count). The van der Waals surface area contributed by atoms with E-state index in [4.69, 9.17) is 9.47 Å². The fourth-order valence-electron chi connectivity index (χ4n) is 2.91. The highest BCUT2D eigenvalue weighted by Crippen LogP contribution is 2.38. The topological polar surface area (TPSA) is 60.5 Å². The Bertz CT molecular complexity index is 890. The summed E-state index contributed by atoms with van der Waals surface area (Å²) < 4.78 is 10.5. The van der Waals surface area contributed by atoms with Crippen molar-refractivity contribution in [3.63, 3.8) is 0 Å². The minimum Gasteiger partial charge on any atom is -0.497 e. The fourth-order valence-corrected chi connectivity index (χ4v) is 2.91. The Morgan fingerprint density at radius 3 is 2.74 bits per heavy atom. The van der Waals surface area contributed by atoms with Gasteiger partial charge in [-0.15, -0.1) is 0 Å². The number of amides is 1. The molecule has 1 N–H and O–H groups in total. The molecule has 1 aromatic heterocycles. The smallest absolute Gasteiger partial charge is 0.413 e. The van der Waals surface area contributed by atoms with E-state index >= 15 is 0 Å². The van der Waals surface area contributed by atoms with E-state index < -0.39 is 6.09 Å². The van der Waals surface area contributed by atoms with Gasteiger partial charge in [0.2, 0.25) is 0 Å². The second-order valence-corrected chi connectivity index (χ2v) is 5.29. The lowest BCUT2D eigenvalue weighted by Crippen LogP contribution is -2.36. The van der Waals surface area contributed by atoms with E-state index in [2.05, 4.69) is 10.3 Å². The van der Waals surface area contributed by atoms with Crippen LogP contribution in [0.3, 0.4) is 0 Å². The second kappa shape index (κ2) is 5.28. The van der Waals surface area contributed by atoms with Crippen LogP contribution < -0.4 is 14.8 Å². The third-order valence-electron chi connectivity index (χ3n) is 3.99. The number of carbonyl (C=O) groups is 1. The molecule has 2 heterocycles. The lowest BCUT2D eigenvalue weighted by Gasteiger charge is -2.27. The lowest BCUT2D eigenvalue weighted by molar-refractivity contribution is 0.191. The molecule has 3 aromatic rings. The summed E-state index contributed by atoms with van der Waals surface area (Å²) in [4.78, 5) is 16.3. The summed E-state index contributed by atoms with van der Waals surface area (Å²) in [5, 5.41) is 3.85. The lowest BCUT2D eigenvalue weighted by atomic mass is 9.93. The Labute approximate surface area is 132 Å². The molecular formula is C18H14N2O3. The molecule has 0 bridgehead atoms. The molecular weight excluding hydrogens is 292 g/mol. The number of ether oxygens (including phenoxy) is 2. The highest BCUT2D eigenvalue weighted by atomic mass is 16.6. The quantitative estimate of drug-likeness (QED) is 0.788. The highest BCUT2D eigenvalue weighted by Gasteiger charge is 2.29. The van der Waals surface area contributed by atoms with Gasteiger partial charge in [0, 0.05) is 17.1 Å². The first-order chi connectivity index (χ1) is 11.3. The molecule has 0 fully saturated rings. The molecule has 0 saturated carbocycles. The summed E-state index contributed by atoms with van der Waals surface area (Å²) in [7, 11) is 1.62. The predicted octanol–water partition coefficient (Wildman–Crippen LogP) is 3.43. The van der Waals surface area contributed by atoms with E-state index in [1.807, 2.05) is 42.5 Å². The Balaban J connectivity index is 1.91. The average Bonchev–Trinajstić information content (AvgIpc) is 2.60. The van der Waals surface area contributed by atoms with Crippen LogP contribution in [0.1, 0.15) is 17.2 Å². The molecule has 1 atom stereocenters. The fraction of sp³-hybridized carbons (Fsp3) is 0.111. The Kier molecular flexibility index (Phi) is 3.12. The zero-order chi connectivity index (χ0) is 15.8. The van der Waals surface area contributed by atoms with Gasteiger partial charge in [-0.25, -0.2) is 4.79 Å². The normalized spacial score (nSPS) is 16.4. The summed E-state index contributed by atoms with van der Waals surface area (Å²) >= 11 is 0. The molecule has 0 saturated heterocycles. The Morgan fingerprint density at radius 1 is 1.13 bits per heavy atom. The monoisotopic (exact) mass is 306 g/mol. The van der Waals surface area contributed by atoms with Gasteiger partial charge < -0.3 is 14.8 Å². The minimum absolute atomic E-state index is 0.287. The standard InChI is InChI=1S/C18H14N2O3/c1-22-12-6-4-11(5-7-12)17-16-13-3-2-10-19-14(13)8-9-15(16)23-18(21)20-17/h2-10,17H,1H3,(H,20,21). The SMILES string of the molecule is COc1ccc(C2NC(=O)Oc3ccc4ncccc4c32)cc1. The van der Waals surface area contributed by atoms with Crippen molar-refractivity contribution in [3.8, 4) is 11.5 Å². The first kappa shape index (κ1) is 13.6. The molecule has 1 aliphatic rings. The van der Waals surface area contributed by atoms with Crippen LogP contribution in [0.25, 0.3) is 10.9 Å². The van der Waals surface area contributed by atoms with Crippen molar-refractivity contribution >= 4 is 17.0 Å². The zero-order valence-corrected chi connectivity index (χ0v) is 12.4. The van der Waals surface area contributed by atoms with Crippen LogP contribution in [0, 0.1) is 0 Å². The number of rotatable bonds is 2. The Hall–Kier alpha value is -3.08. The molecule has 2 aromatic carbocycles. The summed E-state index contributed by atoms with van der Waals surface area (Å²) in [6.45, 7) is 0. The molecule has 5 heteroatoms. The van der Waals surface area contributed by atoms with Crippen molar-refractivity contribution in [3.05, 3.63) is 65.9 Å². The van der Waals surface area contributed by atoms with Crippen LogP contribution in [0.2, 0.25) is 0 Å². The molecule has 1 amide bonds. The number of nitrogens with one attached hydrogen (secondary N) is 1. The van der Waals surface area contributed by atoms with Gasteiger partial charge in [0.05, 0.1) is 18.7 Å². The van der Waals surface area contributed by atoms with E-state index in [0.29, 0.717) is 5.75 Å². The number of aromatic nitrogens is 1. The van der Waals surface area contributed by atoms with E-state index in [-0.39, 0.29) is 6.04 Å². The number of hydrogen-bond acceptors (Lipinski definition) is 4. The average molecular weight is 306 g/mol. The van der Waals surface area contributed by atoms with Crippen LogP contribution in [-0.2, 0) is 0 Å². The molecule has 0 radical (unpaired) electrons. The van der Waals surface area contributed by atoms with Gasteiger partial charge in [0.15, 0.2) is 0 Å². The molecule has 0 spiro atoms. The number of carbonyl (C=O) groups excluding carboxylic acids is 1. The van der Waals surface area contributed by atoms with Gasteiger partial charge >= 0.3 is 6.09 Å². The van der Waals surface area contributed by atoms with Crippen LogP contribution in [0.4, 0.5) is 4.79 Å². The number of nitrogens with zero attached hydrogens (tertiary/aromatic N) is 1. The zero-order valence-electron chi connectivity index (χ0n) is 12.4. The maximum Gasteiger partial charge on any atom is 0.413 e. The van der Waals surface area contributed by atoms with Crippen molar-refractivity contribution in [2.45, 2.75) is 6.04 Å². The highest BCUT2D eigenvalue weighted by molar-refractivity contribution is 5.89. The summed E-state index contributed by atoms with van der Waals surface area (Å²) in [6.07, 6.45) is 1.29. The van der Waals surface area contributed by atoms with Crippen molar-refractivity contribution < 1.29 is 14.3 Å². The number of hydrogen-bond donors (Lipinski definition) is 1. The summed E-state index contributed by atoms with van der Waals surface area (Å²) in [6, 6.07) is 14.9. The van der Waals surface area contributed by atoms with Crippen molar-refractivity contribution in [2.75, 3.05) is 7.11 Å². The van der Waals surface area contributed by atoms with Gasteiger partial charge in [-0.1, -0.05) is 18.2 Å². The number of pyridine rings is 1. The van der Waals surface area contributed by atoms with E-state index in [1.54, 1.807) is 19.4 Å². The molecule has 114 valence electrons. The van der Waals surface area contributed by atoms with Crippen LogP contribution in [0.15, 0.2) is 54.7 Å². The maximum absolute atomic E-state index is 11.9. The van der Waals surface area contributed by atoms with Crippen LogP contribution in [0.5, 0.6) is 11.5 Å². The second-order valence-electron chi connectivity index (χ2n) is 5.29. The Morgan fingerprint density at radius 2 is 1.96 bits per heavy atom. The van der Waals surface area contributed by atoms with Crippen molar-refractivity contribution in [1.29, 1.82) is 0 Å². The summed E-state index contributed by atoms with van der Waals surface area (Å²) in [5.74, 6) is 1.34. The van der Waals surface area contributed by atoms with Gasteiger partial charge in [0.1, 0.15) is 11.5 Å². The van der Waals surface area contributed by atoms with Crippen molar-refractivity contribution in [1.82, 2.24) is 10.3 Å². The van der Waals surface area contributed by atoms with E-state index in [0.717, 1.165) is 27.8 Å². The van der Waals surface area contributed by atoms with Gasteiger partial charge in [-0.3, -0.25) is 4.98 Å². The number of methoxy groups -OCH3 is 1. The molecule has 1 unspecified atom stereocenters. The first-order valence-corrected chi connectivity index (χ1v) is 7.26. The third kappa shape index (κ3) is 2.26. The van der Waals surface area contributed by atoms with E-state index in [9.17, 15) is 4.79 Å². The predicted molar refractivity (Wildman–Crippen MR) is 85.7 cm³/mol. The van der Waals surface area contributed by atoms with Crippen LogP contribution in [-0.4, -0.2) is 18.2 Å². The van der Waals surface area contributed by atoms with Crippen molar-refractivity contribution in [2.24, 2.45) is 0 Å². The number of fused-ring (bicyclic) bond motifs is 3. The molecule has 0 aliphatic carbocycles. The minimum atomic E-state index is -0.457. The first-order valence-electron chi connectivity index (χ1n) is 7.26. The number of benzene rings is 2. The molecule has 5 nitrogen and oxygen atoms in total. The molecule has 23 heavy (non-hydrogen) atoms. The van der Waals surface area contributed by atoms with E-state index in [1.165, 1.54) is 0 Å². The molecule has 1 aliphatic heterocycles. The van der Waals surface area contributed by atoms with Gasteiger partial charge in [-0.05, 0) is 35.9 Å². The van der Waals surface area contributed by atoms with Gasteiger partial charge in [0.25, 0.3) is 0 Å².